The highest BCUT2D eigenvalue weighted by Gasteiger charge is 2.18. The van der Waals surface area contributed by atoms with Gasteiger partial charge in [0.1, 0.15) is 22.6 Å². The van der Waals surface area contributed by atoms with Crippen molar-refractivity contribution in [1.29, 1.82) is 5.26 Å². The summed E-state index contributed by atoms with van der Waals surface area (Å²) in [4.78, 5) is 17.6. The van der Waals surface area contributed by atoms with Gasteiger partial charge in [-0.15, -0.1) is 0 Å². The number of amides is 1. The third-order valence-corrected chi connectivity index (χ3v) is 6.53. The van der Waals surface area contributed by atoms with Gasteiger partial charge in [-0.1, -0.05) is 71.9 Å². The van der Waals surface area contributed by atoms with Crippen LogP contribution in [0.5, 0.6) is 11.5 Å². The Bertz CT molecular complexity index is 1410. The number of anilines is 1. The number of carbonyl (C=O) groups excluding carboxylic acids is 1. The van der Waals surface area contributed by atoms with Crippen LogP contribution in [0.2, 0.25) is 0 Å². The van der Waals surface area contributed by atoms with E-state index in [0.717, 1.165) is 27.9 Å². The Hall–Kier alpha value is -4.28. The van der Waals surface area contributed by atoms with Gasteiger partial charge in [-0.2, -0.15) is 5.26 Å². The number of nitriles is 1. The molecule has 0 saturated heterocycles. The topological polar surface area (TPSA) is 84.2 Å². The van der Waals surface area contributed by atoms with Crippen molar-refractivity contribution in [2.75, 3.05) is 25.3 Å². The Kier molecular flexibility index (Phi) is 7.89. The van der Waals surface area contributed by atoms with E-state index in [1.54, 1.807) is 25.3 Å². The van der Waals surface area contributed by atoms with E-state index < -0.39 is 0 Å². The first-order valence-electron chi connectivity index (χ1n) is 11.2. The molecule has 0 saturated carbocycles. The number of hydrogen-bond donors (Lipinski definition) is 1. The second-order valence-electron chi connectivity index (χ2n) is 7.98. The van der Waals surface area contributed by atoms with Crippen LogP contribution in [-0.4, -0.2) is 30.9 Å². The number of rotatable bonds is 8. The summed E-state index contributed by atoms with van der Waals surface area (Å²) in [6, 6.07) is 27.2. The van der Waals surface area contributed by atoms with E-state index >= 15 is 0 Å². The van der Waals surface area contributed by atoms with E-state index in [-0.39, 0.29) is 11.7 Å². The average Bonchev–Trinajstić information content (AvgIpc) is 2.92. The number of aromatic nitrogens is 1. The number of carbonyl (C=O) groups is 1. The van der Waals surface area contributed by atoms with Crippen LogP contribution < -0.4 is 14.8 Å². The smallest absolute Gasteiger partial charge is 0.234 e. The number of thioether (sulfide) groups is 1. The Morgan fingerprint density at radius 3 is 2.39 bits per heavy atom. The van der Waals surface area contributed by atoms with Gasteiger partial charge >= 0.3 is 0 Å². The third kappa shape index (κ3) is 5.68. The third-order valence-electron chi connectivity index (χ3n) is 5.55. The van der Waals surface area contributed by atoms with Crippen LogP contribution in [0.3, 0.4) is 0 Å². The molecule has 0 fully saturated rings. The normalized spacial score (nSPS) is 10.4. The zero-order valence-corrected chi connectivity index (χ0v) is 21.1. The van der Waals surface area contributed by atoms with E-state index in [2.05, 4.69) is 11.4 Å². The fraction of sp³-hybridized carbons (Fsp3) is 0.138. The summed E-state index contributed by atoms with van der Waals surface area (Å²) in [5.41, 5.74) is 5.46. The number of aryl methyl sites for hydroxylation is 1. The monoisotopic (exact) mass is 495 g/mol. The lowest BCUT2D eigenvalue weighted by atomic mass is 9.98. The summed E-state index contributed by atoms with van der Waals surface area (Å²) in [6.07, 6.45) is 0. The van der Waals surface area contributed by atoms with Crippen molar-refractivity contribution >= 4 is 23.4 Å². The Labute approximate surface area is 214 Å². The fourth-order valence-corrected chi connectivity index (χ4v) is 4.49. The quantitative estimate of drug-likeness (QED) is 0.287. The number of methoxy groups -OCH3 is 2. The van der Waals surface area contributed by atoms with Gasteiger partial charge in [0.05, 0.1) is 36.9 Å². The molecule has 0 aliphatic carbocycles. The van der Waals surface area contributed by atoms with Crippen LogP contribution in [0.15, 0.2) is 83.9 Å². The van der Waals surface area contributed by atoms with E-state index in [1.165, 1.54) is 18.9 Å². The van der Waals surface area contributed by atoms with Crippen molar-refractivity contribution < 1.29 is 14.3 Å². The molecule has 4 aromatic rings. The largest absolute Gasteiger partial charge is 0.497 e. The predicted molar refractivity (Wildman–Crippen MR) is 143 cm³/mol. The van der Waals surface area contributed by atoms with Crippen molar-refractivity contribution in [1.82, 2.24) is 4.98 Å². The lowest BCUT2D eigenvalue weighted by Crippen LogP contribution is -2.15. The van der Waals surface area contributed by atoms with Crippen molar-refractivity contribution in [3.8, 4) is 40.0 Å². The number of pyridine rings is 1. The highest BCUT2D eigenvalue weighted by atomic mass is 32.2. The van der Waals surface area contributed by atoms with Crippen LogP contribution in [-0.2, 0) is 4.79 Å². The van der Waals surface area contributed by atoms with E-state index in [0.29, 0.717) is 27.8 Å². The molecule has 0 spiro atoms. The van der Waals surface area contributed by atoms with E-state index in [4.69, 9.17) is 14.5 Å². The standard InChI is InChI=1S/C29H25N3O3S/c1-19-9-11-20(12-10-19)23-16-25(21-7-5-4-6-8-21)32-29(24(23)17-30)36-18-28(33)31-26-15-22(34-2)13-14-27(26)35-3/h4-16H,18H2,1-3H3,(H,31,33). The van der Waals surface area contributed by atoms with Crippen LogP contribution in [0.1, 0.15) is 11.1 Å². The Balaban J connectivity index is 1.66. The maximum atomic E-state index is 12.9. The molecule has 1 heterocycles. The molecule has 6 nitrogen and oxygen atoms in total. The summed E-state index contributed by atoms with van der Waals surface area (Å²) in [7, 11) is 3.10. The van der Waals surface area contributed by atoms with Gasteiger partial charge in [-0.25, -0.2) is 4.98 Å². The SMILES string of the molecule is COc1ccc(OC)c(NC(=O)CSc2nc(-c3ccccc3)cc(-c3ccc(C)cc3)c2C#N)c1. The first kappa shape index (κ1) is 24.8. The molecule has 0 aliphatic heterocycles. The lowest BCUT2D eigenvalue weighted by molar-refractivity contribution is -0.113. The van der Waals surface area contributed by atoms with E-state index in [9.17, 15) is 10.1 Å². The molecule has 36 heavy (non-hydrogen) atoms. The van der Waals surface area contributed by atoms with Gasteiger partial charge in [0, 0.05) is 17.2 Å². The summed E-state index contributed by atoms with van der Waals surface area (Å²) in [5.74, 6) is 0.940. The second kappa shape index (κ2) is 11.4. The summed E-state index contributed by atoms with van der Waals surface area (Å²) in [5, 5.41) is 13.4. The molecular formula is C29H25N3O3S. The number of ether oxygens (including phenoxy) is 2. The van der Waals surface area contributed by atoms with Crippen LogP contribution >= 0.6 is 11.8 Å². The van der Waals surface area contributed by atoms with Gasteiger partial charge in [0.2, 0.25) is 5.91 Å². The number of nitrogens with one attached hydrogen (secondary N) is 1. The summed E-state index contributed by atoms with van der Waals surface area (Å²) < 4.78 is 10.6. The van der Waals surface area contributed by atoms with Crippen LogP contribution in [0, 0.1) is 18.3 Å². The van der Waals surface area contributed by atoms with Crippen LogP contribution in [0.25, 0.3) is 22.4 Å². The molecule has 0 unspecified atom stereocenters. The van der Waals surface area contributed by atoms with Crippen molar-refractivity contribution in [3.05, 3.63) is 90.0 Å². The summed E-state index contributed by atoms with van der Waals surface area (Å²) in [6.45, 7) is 2.02. The van der Waals surface area contributed by atoms with Crippen LogP contribution in [0.4, 0.5) is 5.69 Å². The highest BCUT2D eigenvalue weighted by molar-refractivity contribution is 8.00. The maximum Gasteiger partial charge on any atom is 0.234 e. The Morgan fingerprint density at radius 2 is 1.72 bits per heavy atom. The first-order chi connectivity index (χ1) is 17.5. The zero-order chi connectivity index (χ0) is 25.5. The van der Waals surface area contributed by atoms with Crippen molar-refractivity contribution in [3.63, 3.8) is 0 Å². The minimum Gasteiger partial charge on any atom is -0.497 e. The van der Waals surface area contributed by atoms with Crippen molar-refractivity contribution in [2.24, 2.45) is 0 Å². The molecule has 0 radical (unpaired) electrons. The van der Waals surface area contributed by atoms with Crippen molar-refractivity contribution in [2.45, 2.75) is 11.9 Å². The number of nitrogens with zero attached hydrogens (tertiary/aromatic N) is 2. The van der Waals surface area contributed by atoms with Gasteiger partial charge in [0.25, 0.3) is 0 Å². The number of hydrogen-bond acceptors (Lipinski definition) is 6. The van der Waals surface area contributed by atoms with Gasteiger partial charge in [-0.05, 0) is 30.7 Å². The minimum absolute atomic E-state index is 0.0631. The number of benzene rings is 3. The molecule has 7 heteroatoms. The first-order valence-corrected chi connectivity index (χ1v) is 12.2. The van der Waals surface area contributed by atoms with Gasteiger partial charge < -0.3 is 14.8 Å². The summed E-state index contributed by atoms with van der Waals surface area (Å²) >= 11 is 1.23. The Morgan fingerprint density at radius 1 is 0.972 bits per heavy atom. The molecule has 180 valence electrons. The molecule has 0 bridgehead atoms. The highest BCUT2D eigenvalue weighted by Crippen LogP contribution is 2.35. The van der Waals surface area contributed by atoms with Gasteiger partial charge in [0.15, 0.2) is 0 Å². The molecular weight excluding hydrogens is 470 g/mol. The molecule has 3 aromatic carbocycles. The maximum absolute atomic E-state index is 12.9. The van der Waals surface area contributed by atoms with E-state index in [1.807, 2.05) is 67.6 Å². The molecule has 0 aliphatic rings. The molecule has 1 N–H and O–H groups in total. The molecule has 1 aromatic heterocycles. The lowest BCUT2D eigenvalue weighted by Gasteiger charge is -2.14. The van der Waals surface area contributed by atoms with Gasteiger partial charge in [-0.3, -0.25) is 4.79 Å². The molecule has 0 atom stereocenters. The molecule has 1 amide bonds. The zero-order valence-electron chi connectivity index (χ0n) is 20.2. The predicted octanol–water partition coefficient (Wildman–Crippen LogP) is 6.34. The minimum atomic E-state index is -0.251. The molecule has 4 rings (SSSR count). The second-order valence-corrected chi connectivity index (χ2v) is 8.95. The average molecular weight is 496 g/mol. The fourth-order valence-electron chi connectivity index (χ4n) is 3.68.